The van der Waals surface area contributed by atoms with Crippen molar-refractivity contribution in [2.45, 2.75) is 63.1 Å². The molecule has 0 unspecified atom stereocenters. The maximum Gasteiger partial charge on any atom is 0.335 e. The van der Waals surface area contributed by atoms with E-state index in [1.54, 1.807) is 0 Å². The van der Waals surface area contributed by atoms with Crippen molar-refractivity contribution in [3.05, 3.63) is 12.2 Å². The first-order chi connectivity index (χ1) is 13.0. The third kappa shape index (κ3) is 3.07. The molecule has 0 radical (unpaired) electrons. The van der Waals surface area contributed by atoms with Crippen molar-refractivity contribution in [1.82, 2.24) is 0 Å². The van der Waals surface area contributed by atoms with Crippen molar-refractivity contribution in [2.24, 2.45) is 23.2 Å². The predicted octanol–water partition coefficient (Wildman–Crippen LogP) is 4.34. The number of hydrogen-bond donors (Lipinski definition) is 0. The molecule has 5 fully saturated rings. The molecule has 0 amide bonds. The van der Waals surface area contributed by atoms with Gasteiger partial charge in [-0.05, 0) is 63.2 Å². The second kappa shape index (κ2) is 6.42. The fourth-order valence-corrected chi connectivity index (χ4v) is 6.07. The van der Waals surface area contributed by atoms with E-state index in [1.165, 1.54) is 6.92 Å². The molecule has 1 heterocycles. The Balaban J connectivity index is 1.68. The monoisotopic (exact) mass is 406 g/mol. The van der Waals surface area contributed by atoms with E-state index in [0.29, 0.717) is 37.0 Å². The van der Waals surface area contributed by atoms with E-state index in [9.17, 15) is 22.4 Å². The van der Waals surface area contributed by atoms with Crippen LogP contribution < -0.4 is 0 Å². The van der Waals surface area contributed by atoms with Gasteiger partial charge in [0.25, 0.3) is 0 Å². The lowest BCUT2D eigenvalue weighted by Gasteiger charge is -2.62. The highest BCUT2D eigenvalue weighted by Gasteiger charge is 2.68. The van der Waals surface area contributed by atoms with E-state index in [1.807, 2.05) is 0 Å². The summed E-state index contributed by atoms with van der Waals surface area (Å²) in [6.45, 7) is 1.54. The SMILES string of the molecule is C=C(C)C(=O)OCC1(C23CC4CC(CC(C4)C2)C3)OCC(F)(F)C(F)(F)CO1. The first-order valence-corrected chi connectivity index (χ1v) is 9.84. The van der Waals surface area contributed by atoms with Crippen molar-refractivity contribution < 1.29 is 36.6 Å². The highest BCUT2D eigenvalue weighted by molar-refractivity contribution is 5.86. The Labute approximate surface area is 161 Å². The standard InChI is InChI=1S/C20H26F4O4/c1-12(2)16(25)26-11-20(27-9-18(21,22)19(23,24)10-28-20)17-6-13-3-14(7-17)5-15(4-13)8-17/h13-15H,1,3-11H2,2H3. The summed E-state index contributed by atoms with van der Waals surface area (Å²) >= 11 is 0. The summed E-state index contributed by atoms with van der Waals surface area (Å²) in [5.41, 5.74) is -0.571. The summed E-state index contributed by atoms with van der Waals surface area (Å²) in [6.07, 6.45) is 5.15. The Morgan fingerprint density at radius 2 is 1.39 bits per heavy atom. The maximum atomic E-state index is 14.0. The summed E-state index contributed by atoms with van der Waals surface area (Å²) in [4.78, 5) is 12.0. The van der Waals surface area contributed by atoms with Gasteiger partial charge in [-0.25, -0.2) is 4.79 Å². The minimum absolute atomic E-state index is 0.130. The number of halogens is 4. The molecule has 1 saturated heterocycles. The van der Waals surface area contributed by atoms with Crippen molar-refractivity contribution in [1.29, 1.82) is 0 Å². The number of alkyl halides is 4. The minimum atomic E-state index is -4.35. The van der Waals surface area contributed by atoms with Gasteiger partial charge in [-0.2, -0.15) is 17.6 Å². The van der Waals surface area contributed by atoms with Gasteiger partial charge in [0, 0.05) is 11.0 Å². The van der Waals surface area contributed by atoms with Crippen molar-refractivity contribution >= 4 is 5.97 Å². The molecule has 158 valence electrons. The minimum Gasteiger partial charge on any atom is -0.457 e. The molecule has 28 heavy (non-hydrogen) atoms. The third-order valence-corrected chi connectivity index (χ3v) is 7.10. The van der Waals surface area contributed by atoms with Crippen LogP contribution in [0.4, 0.5) is 17.6 Å². The Kier molecular flexibility index (Phi) is 4.62. The van der Waals surface area contributed by atoms with Crippen molar-refractivity contribution in [2.75, 3.05) is 19.8 Å². The summed E-state index contributed by atoms with van der Waals surface area (Å²) in [6, 6.07) is 0. The normalized spacial score (nSPS) is 40.0. The lowest BCUT2D eigenvalue weighted by Crippen LogP contribution is -2.63. The zero-order chi connectivity index (χ0) is 20.4. The number of carbonyl (C=O) groups excluding carboxylic acids is 1. The Morgan fingerprint density at radius 1 is 0.964 bits per heavy atom. The van der Waals surface area contributed by atoms with E-state index < -0.39 is 48.8 Å². The van der Waals surface area contributed by atoms with Crippen molar-refractivity contribution in [3.8, 4) is 0 Å². The zero-order valence-electron chi connectivity index (χ0n) is 15.9. The summed E-state index contributed by atoms with van der Waals surface area (Å²) in [7, 11) is 0. The average Bonchev–Trinajstić information content (AvgIpc) is 2.68. The van der Waals surface area contributed by atoms with E-state index in [4.69, 9.17) is 14.2 Å². The van der Waals surface area contributed by atoms with Gasteiger partial charge in [-0.15, -0.1) is 0 Å². The number of carbonyl (C=O) groups is 1. The van der Waals surface area contributed by atoms with Crippen LogP contribution in [0.1, 0.15) is 45.4 Å². The van der Waals surface area contributed by atoms with Gasteiger partial charge in [0.2, 0.25) is 5.79 Å². The first-order valence-electron chi connectivity index (χ1n) is 9.84. The Bertz CT molecular complexity index is 622. The van der Waals surface area contributed by atoms with Crippen LogP contribution in [0.15, 0.2) is 12.2 Å². The maximum absolute atomic E-state index is 14.0. The quantitative estimate of drug-likeness (QED) is 0.396. The number of esters is 1. The fourth-order valence-electron chi connectivity index (χ4n) is 6.07. The van der Waals surface area contributed by atoms with Gasteiger partial charge < -0.3 is 14.2 Å². The molecule has 0 atom stereocenters. The Hall–Kier alpha value is -1.15. The molecule has 0 aromatic rings. The molecule has 0 aromatic heterocycles. The predicted molar refractivity (Wildman–Crippen MR) is 90.9 cm³/mol. The summed E-state index contributed by atoms with van der Waals surface area (Å²) < 4.78 is 72.3. The third-order valence-electron chi connectivity index (χ3n) is 7.10. The molecule has 1 aliphatic heterocycles. The summed E-state index contributed by atoms with van der Waals surface area (Å²) in [5.74, 6) is -10.0. The van der Waals surface area contributed by atoms with Crippen molar-refractivity contribution in [3.63, 3.8) is 0 Å². The van der Waals surface area contributed by atoms with Crippen LogP contribution in [0.2, 0.25) is 0 Å². The van der Waals surface area contributed by atoms with Gasteiger partial charge in [0.05, 0.1) is 0 Å². The van der Waals surface area contributed by atoms with Crippen LogP contribution in [0.5, 0.6) is 0 Å². The molecule has 4 saturated carbocycles. The van der Waals surface area contributed by atoms with Crippen LogP contribution in [-0.2, 0) is 19.0 Å². The van der Waals surface area contributed by atoms with E-state index in [-0.39, 0.29) is 5.57 Å². The molecule has 0 aromatic carbocycles. The van der Waals surface area contributed by atoms with E-state index >= 15 is 0 Å². The van der Waals surface area contributed by atoms with E-state index in [0.717, 1.165) is 19.3 Å². The van der Waals surface area contributed by atoms with Gasteiger partial charge >= 0.3 is 17.8 Å². The first kappa shape index (κ1) is 20.1. The van der Waals surface area contributed by atoms with Crippen LogP contribution in [0, 0.1) is 23.2 Å². The molecular formula is C20H26F4O4. The molecule has 4 nitrogen and oxygen atoms in total. The highest BCUT2D eigenvalue weighted by Crippen LogP contribution is 2.65. The highest BCUT2D eigenvalue weighted by atomic mass is 19.3. The topological polar surface area (TPSA) is 44.8 Å². The molecule has 4 aliphatic carbocycles. The van der Waals surface area contributed by atoms with Gasteiger partial charge in [0.15, 0.2) is 0 Å². The molecule has 0 spiro atoms. The molecule has 4 bridgehead atoms. The molecular weight excluding hydrogens is 380 g/mol. The lowest BCUT2D eigenvalue weighted by molar-refractivity contribution is -0.341. The largest absolute Gasteiger partial charge is 0.457 e. The second-order valence-corrected chi connectivity index (χ2v) is 9.29. The molecule has 5 rings (SSSR count). The number of hydrogen-bond acceptors (Lipinski definition) is 4. The second-order valence-electron chi connectivity index (χ2n) is 9.29. The van der Waals surface area contributed by atoms with Crippen LogP contribution in [0.3, 0.4) is 0 Å². The molecule has 5 aliphatic rings. The smallest absolute Gasteiger partial charge is 0.335 e. The summed E-state index contributed by atoms with van der Waals surface area (Å²) in [5, 5.41) is 0. The van der Waals surface area contributed by atoms with Crippen LogP contribution in [-0.4, -0.2) is 43.4 Å². The molecule has 8 heteroatoms. The van der Waals surface area contributed by atoms with Gasteiger partial charge in [-0.1, -0.05) is 6.58 Å². The zero-order valence-corrected chi connectivity index (χ0v) is 15.9. The van der Waals surface area contributed by atoms with Crippen LogP contribution >= 0.6 is 0 Å². The van der Waals surface area contributed by atoms with Gasteiger partial charge in [-0.3, -0.25) is 0 Å². The lowest BCUT2D eigenvalue weighted by atomic mass is 9.47. The number of ether oxygens (including phenoxy) is 3. The van der Waals surface area contributed by atoms with Crippen LogP contribution in [0.25, 0.3) is 0 Å². The van der Waals surface area contributed by atoms with E-state index in [2.05, 4.69) is 6.58 Å². The fraction of sp³-hybridized carbons (Fsp3) is 0.850. The number of rotatable bonds is 4. The Morgan fingerprint density at radius 3 is 1.79 bits per heavy atom. The average molecular weight is 406 g/mol. The molecule has 0 N–H and O–H groups in total. The van der Waals surface area contributed by atoms with Gasteiger partial charge in [0.1, 0.15) is 19.8 Å².